The quantitative estimate of drug-likeness (QED) is 0.427. The lowest BCUT2D eigenvalue weighted by Gasteiger charge is -2.09. The predicted octanol–water partition coefficient (Wildman–Crippen LogP) is 2.76. The summed E-state index contributed by atoms with van der Waals surface area (Å²) in [5.41, 5.74) is 1.06. The van der Waals surface area contributed by atoms with Crippen LogP contribution >= 0.6 is 0 Å². The van der Waals surface area contributed by atoms with Gasteiger partial charge in [0.1, 0.15) is 5.75 Å². The summed E-state index contributed by atoms with van der Waals surface area (Å²) >= 11 is 0. The van der Waals surface area contributed by atoms with Gasteiger partial charge in [-0.3, -0.25) is 15.1 Å². The molecule has 1 aromatic rings. The topological polar surface area (TPSA) is 98.4 Å². The minimum absolute atomic E-state index is 0.120. The minimum atomic E-state index is -0.180. The molecular formula is C19H31N5O2. The smallest absolute Gasteiger partial charge is 0.232 e. The number of hydrogen-bond donors (Lipinski definition) is 3. The normalized spacial score (nSPS) is 11.5. The van der Waals surface area contributed by atoms with Gasteiger partial charge in [-0.15, -0.1) is 0 Å². The van der Waals surface area contributed by atoms with Gasteiger partial charge in [-0.05, 0) is 37.3 Å². The van der Waals surface area contributed by atoms with E-state index in [-0.39, 0.29) is 23.5 Å². The van der Waals surface area contributed by atoms with Crippen LogP contribution < -0.4 is 10.6 Å². The number of phenolic OH excluding ortho intramolecular Hbond substituents is 1. The van der Waals surface area contributed by atoms with Crippen LogP contribution in [0.1, 0.15) is 39.7 Å². The van der Waals surface area contributed by atoms with E-state index in [9.17, 15) is 9.90 Å². The van der Waals surface area contributed by atoms with Gasteiger partial charge in [0.2, 0.25) is 17.8 Å². The second kappa shape index (κ2) is 13.6. The molecule has 0 unspecified atom stereocenters. The van der Waals surface area contributed by atoms with Gasteiger partial charge < -0.3 is 10.4 Å². The number of nitrogens with zero attached hydrogens (tertiary/aromatic N) is 3. The van der Waals surface area contributed by atoms with E-state index in [2.05, 4.69) is 32.3 Å². The van der Waals surface area contributed by atoms with Crippen LogP contribution in [-0.4, -0.2) is 43.2 Å². The van der Waals surface area contributed by atoms with Gasteiger partial charge in [0.05, 0.1) is 0 Å². The Morgan fingerprint density at radius 2 is 1.96 bits per heavy atom. The highest BCUT2D eigenvalue weighted by Crippen LogP contribution is 2.12. The molecule has 1 rings (SSSR count). The van der Waals surface area contributed by atoms with Crippen LogP contribution in [-0.2, 0) is 11.2 Å². The first-order chi connectivity index (χ1) is 12.5. The molecular weight excluding hydrogens is 330 g/mol. The molecule has 0 saturated carbocycles. The summed E-state index contributed by atoms with van der Waals surface area (Å²) < 4.78 is 0. The number of aliphatic imine (C=N–C) groups is 3. The average molecular weight is 361 g/mol. The van der Waals surface area contributed by atoms with Gasteiger partial charge >= 0.3 is 0 Å². The summed E-state index contributed by atoms with van der Waals surface area (Å²) in [6.45, 7) is 11.6. The number of rotatable bonds is 5. The van der Waals surface area contributed by atoms with Gasteiger partial charge in [-0.25, -0.2) is 4.99 Å². The molecule has 0 aliphatic heterocycles. The number of carbonyl (C=O) groups is 1. The van der Waals surface area contributed by atoms with Crippen molar-refractivity contribution >= 4 is 24.5 Å². The van der Waals surface area contributed by atoms with Crippen LogP contribution in [0.25, 0.3) is 0 Å². The molecule has 0 aliphatic rings. The van der Waals surface area contributed by atoms with E-state index in [0.717, 1.165) is 18.4 Å². The minimum Gasteiger partial charge on any atom is -0.508 e. The SMILES string of the molecule is C=N/C(=N\C(=NC)NCCCc1cccc(O)c1)NC(=O)C(C)C.CC. The lowest BCUT2D eigenvalue weighted by atomic mass is 10.1. The highest BCUT2D eigenvalue weighted by Gasteiger charge is 2.09. The molecule has 7 heteroatoms. The Hall–Kier alpha value is -2.70. The molecule has 1 aromatic carbocycles. The zero-order valence-electron chi connectivity index (χ0n) is 16.4. The summed E-state index contributed by atoms with van der Waals surface area (Å²) in [7, 11) is 1.60. The van der Waals surface area contributed by atoms with Crippen molar-refractivity contribution in [3.63, 3.8) is 0 Å². The second-order valence-electron chi connectivity index (χ2n) is 5.48. The number of aryl methyl sites for hydroxylation is 1. The number of hydrogen-bond acceptors (Lipinski definition) is 3. The number of aromatic hydroxyl groups is 1. The van der Waals surface area contributed by atoms with Crippen LogP contribution in [0.4, 0.5) is 0 Å². The van der Waals surface area contributed by atoms with Crippen molar-refractivity contribution in [1.82, 2.24) is 10.6 Å². The van der Waals surface area contributed by atoms with E-state index < -0.39 is 0 Å². The monoisotopic (exact) mass is 361 g/mol. The molecule has 0 saturated heterocycles. The van der Waals surface area contributed by atoms with Crippen LogP contribution in [0.2, 0.25) is 0 Å². The number of benzene rings is 1. The van der Waals surface area contributed by atoms with Crippen molar-refractivity contribution in [2.45, 2.75) is 40.5 Å². The van der Waals surface area contributed by atoms with Crippen LogP contribution in [0.3, 0.4) is 0 Å². The molecule has 0 spiro atoms. The third kappa shape index (κ3) is 9.56. The van der Waals surface area contributed by atoms with E-state index in [1.54, 1.807) is 33.0 Å². The average Bonchev–Trinajstić information content (AvgIpc) is 2.64. The van der Waals surface area contributed by atoms with Crippen LogP contribution in [0.5, 0.6) is 5.75 Å². The van der Waals surface area contributed by atoms with Gasteiger partial charge in [0.15, 0.2) is 0 Å². The Kier molecular flexibility index (Phi) is 12.2. The standard InChI is InChI=1S/C17H25N5O2.C2H6/c1-12(2)15(24)21-17(19-4)22-16(18-3)20-10-6-8-13-7-5-9-14(23)11-13;1-2/h5,7,9,11-12,23H,4,6,8,10H2,1-3H3,(H2,18,20,21,22,24);1-2H3. The van der Waals surface area contributed by atoms with Crippen molar-refractivity contribution in [1.29, 1.82) is 0 Å². The molecule has 7 nitrogen and oxygen atoms in total. The van der Waals surface area contributed by atoms with Gasteiger partial charge in [0, 0.05) is 19.5 Å². The van der Waals surface area contributed by atoms with E-state index in [1.165, 1.54) is 0 Å². The number of phenols is 1. The number of guanidine groups is 2. The summed E-state index contributed by atoms with van der Waals surface area (Å²) in [6.07, 6.45) is 1.66. The second-order valence-corrected chi connectivity index (χ2v) is 5.48. The molecule has 3 N–H and O–H groups in total. The molecule has 0 aliphatic carbocycles. The summed E-state index contributed by atoms with van der Waals surface area (Å²) in [5.74, 6) is 0.408. The van der Waals surface area contributed by atoms with Crippen molar-refractivity contribution in [3.8, 4) is 5.75 Å². The van der Waals surface area contributed by atoms with Crippen LogP contribution in [0, 0.1) is 5.92 Å². The Morgan fingerprint density at radius 3 is 2.50 bits per heavy atom. The summed E-state index contributed by atoms with van der Waals surface area (Å²) in [4.78, 5) is 23.5. The van der Waals surface area contributed by atoms with Crippen LogP contribution in [0.15, 0.2) is 39.2 Å². The van der Waals surface area contributed by atoms with Gasteiger partial charge in [-0.1, -0.05) is 39.8 Å². The fourth-order valence-electron chi connectivity index (χ4n) is 1.83. The molecule has 26 heavy (non-hydrogen) atoms. The van der Waals surface area contributed by atoms with E-state index in [4.69, 9.17) is 0 Å². The van der Waals surface area contributed by atoms with E-state index in [1.807, 2.05) is 26.0 Å². The molecule has 0 aromatic heterocycles. The molecule has 1 amide bonds. The lowest BCUT2D eigenvalue weighted by Crippen LogP contribution is -2.34. The molecule has 0 bridgehead atoms. The Bertz CT molecular complexity index is 624. The predicted molar refractivity (Wildman–Crippen MR) is 109 cm³/mol. The molecule has 0 radical (unpaired) electrons. The molecule has 0 atom stereocenters. The molecule has 0 heterocycles. The Balaban J connectivity index is 0.00000301. The Labute approximate surface area is 156 Å². The maximum Gasteiger partial charge on any atom is 0.232 e. The van der Waals surface area contributed by atoms with Crippen molar-refractivity contribution in [3.05, 3.63) is 29.8 Å². The molecule has 0 fully saturated rings. The van der Waals surface area contributed by atoms with Crippen molar-refractivity contribution < 1.29 is 9.90 Å². The van der Waals surface area contributed by atoms with E-state index in [0.29, 0.717) is 12.5 Å². The maximum atomic E-state index is 11.7. The molecule has 144 valence electrons. The fourth-order valence-corrected chi connectivity index (χ4v) is 1.83. The van der Waals surface area contributed by atoms with Crippen molar-refractivity contribution in [2.24, 2.45) is 20.9 Å². The number of nitrogens with one attached hydrogen (secondary N) is 2. The number of carbonyl (C=O) groups excluding carboxylic acids is 1. The lowest BCUT2D eigenvalue weighted by molar-refractivity contribution is -0.122. The zero-order chi connectivity index (χ0) is 19.9. The first-order valence-electron chi connectivity index (χ1n) is 8.81. The van der Waals surface area contributed by atoms with Gasteiger partial charge in [-0.2, -0.15) is 4.99 Å². The highest BCUT2D eigenvalue weighted by atomic mass is 16.3. The van der Waals surface area contributed by atoms with E-state index >= 15 is 0 Å². The first-order valence-corrected chi connectivity index (χ1v) is 8.81. The first kappa shape index (κ1) is 23.3. The third-order valence-corrected chi connectivity index (χ3v) is 3.17. The van der Waals surface area contributed by atoms with Gasteiger partial charge in [0.25, 0.3) is 0 Å². The fraction of sp³-hybridized carbons (Fsp3) is 0.474. The summed E-state index contributed by atoms with van der Waals surface area (Å²) in [5, 5.41) is 15.1. The number of amides is 1. The highest BCUT2D eigenvalue weighted by molar-refractivity contribution is 6.04. The summed E-state index contributed by atoms with van der Waals surface area (Å²) in [6, 6.07) is 7.18. The largest absolute Gasteiger partial charge is 0.508 e. The third-order valence-electron chi connectivity index (χ3n) is 3.17. The zero-order valence-corrected chi connectivity index (χ0v) is 16.4. The Morgan fingerprint density at radius 1 is 1.27 bits per heavy atom. The maximum absolute atomic E-state index is 11.7. The van der Waals surface area contributed by atoms with Crippen molar-refractivity contribution in [2.75, 3.05) is 13.6 Å².